The van der Waals surface area contributed by atoms with E-state index in [1.807, 2.05) is 24.3 Å². The summed E-state index contributed by atoms with van der Waals surface area (Å²) >= 11 is 0. The summed E-state index contributed by atoms with van der Waals surface area (Å²) in [5.41, 5.74) is 2.88. The third-order valence-electron chi connectivity index (χ3n) is 3.68. The first-order valence-electron chi connectivity index (χ1n) is 6.73. The van der Waals surface area contributed by atoms with E-state index in [2.05, 4.69) is 0 Å². The molecule has 4 heteroatoms. The molecule has 0 heterocycles. The number of hydrogen-bond donors (Lipinski definition) is 0. The first-order valence-corrected chi connectivity index (χ1v) is 6.73. The third kappa shape index (κ3) is 2.48. The lowest BCUT2D eigenvalue weighted by Gasteiger charge is -2.17. The highest BCUT2D eigenvalue weighted by Crippen LogP contribution is 2.28. The van der Waals surface area contributed by atoms with Gasteiger partial charge in [0, 0.05) is 17.2 Å². The average molecular weight is 279 g/mol. The lowest BCUT2D eigenvalue weighted by Crippen LogP contribution is -2.13. The average Bonchev–Trinajstić information content (AvgIpc) is 2.51. The molecule has 4 nitrogen and oxygen atoms in total. The lowest BCUT2D eigenvalue weighted by molar-refractivity contribution is -0.385. The second kappa shape index (κ2) is 5.32. The third-order valence-corrected chi connectivity index (χ3v) is 3.68. The fourth-order valence-electron chi connectivity index (χ4n) is 2.62. The Morgan fingerprint density at radius 1 is 1.00 bits per heavy atom. The zero-order valence-electron chi connectivity index (χ0n) is 11.3. The Morgan fingerprint density at radius 2 is 1.71 bits per heavy atom. The molecule has 0 amide bonds. The van der Waals surface area contributed by atoms with Crippen molar-refractivity contribution in [2.75, 3.05) is 0 Å². The van der Waals surface area contributed by atoms with Gasteiger partial charge in [-0.2, -0.15) is 0 Å². The number of hydrogen-bond acceptors (Lipinski definition) is 3. The van der Waals surface area contributed by atoms with Crippen molar-refractivity contribution in [1.29, 1.82) is 0 Å². The number of para-hydroxylation sites is 1. The molecule has 0 N–H and O–H groups in total. The molecule has 21 heavy (non-hydrogen) atoms. The highest BCUT2D eigenvalue weighted by molar-refractivity contribution is 6.13. The minimum absolute atomic E-state index is 0.0247. The monoisotopic (exact) mass is 279 g/mol. The molecule has 0 spiro atoms. The largest absolute Gasteiger partial charge is 0.289 e. The van der Waals surface area contributed by atoms with E-state index in [1.165, 1.54) is 6.07 Å². The maximum Gasteiger partial charge on any atom is 0.276 e. The summed E-state index contributed by atoms with van der Waals surface area (Å²) in [6.45, 7) is 0. The van der Waals surface area contributed by atoms with E-state index in [0.717, 1.165) is 12.0 Å². The number of carbonyl (C=O) groups excluding carboxylic acids is 1. The molecular weight excluding hydrogens is 266 g/mol. The van der Waals surface area contributed by atoms with Gasteiger partial charge >= 0.3 is 0 Å². The van der Waals surface area contributed by atoms with Gasteiger partial charge in [-0.15, -0.1) is 0 Å². The standard InChI is InChI=1S/C17H13NO3/c19-17-14(10-9-12-5-1-3-7-15(12)17)11-13-6-2-4-8-16(13)18(20)21/h1-8,11H,9-10H2/b14-11-. The summed E-state index contributed by atoms with van der Waals surface area (Å²) in [6, 6.07) is 14.0. The highest BCUT2D eigenvalue weighted by atomic mass is 16.6. The maximum atomic E-state index is 12.5. The smallest absolute Gasteiger partial charge is 0.276 e. The molecule has 0 bridgehead atoms. The van der Waals surface area contributed by atoms with Crippen LogP contribution in [0.1, 0.15) is 27.9 Å². The molecule has 104 valence electrons. The van der Waals surface area contributed by atoms with Crippen LogP contribution in [0.25, 0.3) is 6.08 Å². The van der Waals surface area contributed by atoms with Crippen LogP contribution in [0.2, 0.25) is 0 Å². The maximum absolute atomic E-state index is 12.5. The Morgan fingerprint density at radius 3 is 2.52 bits per heavy atom. The Bertz CT molecular complexity index is 762. The predicted octanol–water partition coefficient (Wildman–Crippen LogP) is 3.81. The van der Waals surface area contributed by atoms with Crippen molar-refractivity contribution in [2.24, 2.45) is 0 Å². The van der Waals surface area contributed by atoms with E-state index in [9.17, 15) is 14.9 Å². The van der Waals surface area contributed by atoms with Gasteiger partial charge in [0.05, 0.1) is 10.5 Å². The minimum Gasteiger partial charge on any atom is -0.289 e. The van der Waals surface area contributed by atoms with Crippen molar-refractivity contribution in [3.8, 4) is 0 Å². The van der Waals surface area contributed by atoms with Crippen molar-refractivity contribution < 1.29 is 9.72 Å². The Kier molecular flexibility index (Phi) is 3.36. The number of carbonyl (C=O) groups is 1. The van der Waals surface area contributed by atoms with Gasteiger partial charge in [0.25, 0.3) is 5.69 Å². The Hall–Kier alpha value is -2.75. The van der Waals surface area contributed by atoms with Gasteiger partial charge < -0.3 is 0 Å². The molecule has 3 rings (SSSR count). The zero-order valence-corrected chi connectivity index (χ0v) is 11.3. The molecule has 1 aliphatic rings. The molecule has 0 radical (unpaired) electrons. The summed E-state index contributed by atoms with van der Waals surface area (Å²) in [5.74, 6) is -0.0324. The number of rotatable bonds is 2. The normalized spacial score (nSPS) is 15.8. The van der Waals surface area contributed by atoms with Gasteiger partial charge in [0.1, 0.15) is 0 Å². The van der Waals surface area contributed by atoms with Gasteiger partial charge in [-0.3, -0.25) is 14.9 Å². The summed E-state index contributed by atoms with van der Waals surface area (Å²) < 4.78 is 0. The molecule has 0 fully saturated rings. The number of benzene rings is 2. The van der Waals surface area contributed by atoms with Crippen LogP contribution in [0.15, 0.2) is 54.1 Å². The molecule has 2 aromatic rings. The van der Waals surface area contributed by atoms with E-state index >= 15 is 0 Å². The number of nitro benzene ring substituents is 1. The van der Waals surface area contributed by atoms with Gasteiger partial charge in [-0.25, -0.2) is 0 Å². The molecular formula is C17H13NO3. The van der Waals surface area contributed by atoms with E-state index in [0.29, 0.717) is 23.1 Å². The van der Waals surface area contributed by atoms with Crippen molar-refractivity contribution in [3.05, 3.63) is 80.9 Å². The predicted molar refractivity (Wildman–Crippen MR) is 80.2 cm³/mol. The molecule has 1 aliphatic carbocycles. The first kappa shape index (κ1) is 13.2. The van der Waals surface area contributed by atoms with Crippen LogP contribution in [0.4, 0.5) is 5.69 Å². The van der Waals surface area contributed by atoms with Crippen LogP contribution >= 0.6 is 0 Å². The van der Waals surface area contributed by atoms with Crippen molar-refractivity contribution >= 4 is 17.5 Å². The quantitative estimate of drug-likeness (QED) is 0.477. The second-order valence-electron chi connectivity index (χ2n) is 4.97. The number of fused-ring (bicyclic) bond motifs is 1. The van der Waals surface area contributed by atoms with E-state index < -0.39 is 4.92 Å². The fraction of sp³-hybridized carbons (Fsp3) is 0.118. The van der Waals surface area contributed by atoms with E-state index in [1.54, 1.807) is 24.3 Å². The first-order chi connectivity index (χ1) is 10.2. The van der Waals surface area contributed by atoms with Crippen LogP contribution in [-0.4, -0.2) is 10.7 Å². The van der Waals surface area contributed by atoms with Crippen LogP contribution < -0.4 is 0 Å². The zero-order chi connectivity index (χ0) is 14.8. The van der Waals surface area contributed by atoms with Gasteiger partial charge in [0.15, 0.2) is 5.78 Å². The number of nitrogens with zero attached hydrogens (tertiary/aromatic N) is 1. The van der Waals surface area contributed by atoms with Crippen molar-refractivity contribution in [3.63, 3.8) is 0 Å². The Labute approximate surface area is 121 Å². The van der Waals surface area contributed by atoms with E-state index in [4.69, 9.17) is 0 Å². The molecule has 0 aromatic heterocycles. The number of aryl methyl sites for hydroxylation is 1. The molecule has 0 atom stereocenters. The number of allylic oxidation sites excluding steroid dienone is 1. The van der Waals surface area contributed by atoms with Gasteiger partial charge in [-0.05, 0) is 30.5 Å². The summed E-state index contributed by atoms with van der Waals surface area (Å²) in [5, 5.41) is 11.0. The van der Waals surface area contributed by atoms with Crippen LogP contribution in [0.3, 0.4) is 0 Å². The van der Waals surface area contributed by atoms with Crippen LogP contribution in [0.5, 0.6) is 0 Å². The van der Waals surface area contributed by atoms with E-state index in [-0.39, 0.29) is 11.5 Å². The molecule has 0 unspecified atom stereocenters. The van der Waals surface area contributed by atoms with Gasteiger partial charge in [-0.1, -0.05) is 36.4 Å². The SMILES string of the molecule is O=C1/C(=C\c2ccccc2[N+](=O)[O-])CCc2ccccc21. The highest BCUT2D eigenvalue weighted by Gasteiger charge is 2.22. The van der Waals surface area contributed by atoms with Gasteiger partial charge in [0.2, 0.25) is 0 Å². The summed E-state index contributed by atoms with van der Waals surface area (Å²) in [6.07, 6.45) is 3.05. The number of ketones is 1. The van der Waals surface area contributed by atoms with Crippen molar-refractivity contribution in [2.45, 2.75) is 12.8 Å². The van der Waals surface area contributed by atoms with Crippen LogP contribution in [-0.2, 0) is 6.42 Å². The summed E-state index contributed by atoms with van der Waals surface area (Å²) in [7, 11) is 0. The second-order valence-corrected chi connectivity index (χ2v) is 4.97. The Balaban J connectivity index is 2.03. The molecule has 2 aromatic carbocycles. The lowest BCUT2D eigenvalue weighted by atomic mass is 9.86. The number of Topliss-reactive ketones (excluding diaryl/α,β-unsaturated/α-hetero) is 1. The minimum atomic E-state index is -0.423. The molecule has 0 saturated heterocycles. The topological polar surface area (TPSA) is 60.2 Å². The summed E-state index contributed by atoms with van der Waals surface area (Å²) in [4.78, 5) is 23.1. The molecule has 0 saturated carbocycles. The molecule has 0 aliphatic heterocycles. The van der Waals surface area contributed by atoms with Crippen molar-refractivity contribution in [1.82, 2.24) is 0 Å². The number of nitro groups is 1. The fourth-order valence-corrected chi connectivity index (χ4v) is 2.62. The van der Waals surface area contributed by atoms with Crippen LogP contribution in [0, 0.1) is 10.1 Å².